The Morgan fingerprint density at radius 2 is 0.647 bits per heavy atom. The molecular formula is H8F12O3Ti2. The number of hydrogen-bond donors (Lipinski definition) is 2. The minimum atomic E-state index is -11.2. The first-order valence-corrected chi connectivity index (χ1v) is 5.85. The Balaban J connectivity index is -0.00000000761. The van der Waals surface area contributed by atoms with Crippen molar-refractivity contribution in [3.8, 4) is 0 Å². The average molecular weight is 380 g/mol. The molecule has 0 bridgehead atoms. The summed E-state index contributed by atoms with van der Waals surface area (Å²) in [7, 11) is 0. The van der Waals surface area contributed by atoms with Gasteiger partial charge in [0.2, 0.25) is 0 Å². The van der Waals surface area contributed by atoms with Crippen LogP contribution in [0.5, 0.6) is 0 Å². The molecule has 0 aromatic heterocycles. The molecule has 0 aromatic carbocycles. The molecule has 3 nitrogen and oxygen atoms in total. The van der Waals surface area contributed by atoms with E-state index in [4.69, 9.17) is 23.0 Å². The van der Waals surface area contributed by atoms with Gasteiger partial charge >= 0.3 is 62.4 Å². The average Bonchev–Trinajstić information content (AvgIpc) is 1.93. The van der Waals surface area contributed by atoms with Gasteiger partial charge < -0.3 is 0 Å². The van der Waals surface area contributed by atoms with Crippen molar-refractivity contribution < 1.29 is 101 Å². The molecular weight excluding hydrogens is 372 g/mol. The number of hydrogen-bond acceptors (Lipinski definition) is 3. The zero-order valence-corrected chi connectivity index (χ0v) is 10.1. The molecule has 0 spiro atoms. The quantitative estimate of drug-likeness (QED) is 0.502. The van der Waals surface area contributed by atoms with Gasteiger partial charge in [-0.1, -0.05) is 9.05 Å². The fourth-order valence-electron chi connectivity index (χ4n) is 0. The molecule has 0 amide bonds. The van der Waals surface area contributed by atoms with E-state index in [9.17, 15) is 18.6 Å². The number of rotatable bonds is 0. The molecule has 0 aliphatic heterocycles. The predicted octanol–water partition coefficient (Wildman–Crippen LogP) is 2.96. The molecule has 0 aliphatic carbocycles. The second-order valence-corrected chi connectivity index (χ2v) is 4.42. The topological polar surface area (TPSA) is 57.5 Å². The van der Waals surface area contributed by atoms with Crippen molar-refractivity contribution in [2.24, 2.45) is 0 Å². The molecule has 0 saturated heterocycles. The van der Waals surface area contributed by atoms with Crippen molar-refractivity contribution >= 4 is 0 Å². The Hall–Kier alpha value is 0.309. The standard InChI is InChI=1S/2FHO.10FH.O.2Ti/c2*1-2;;;;;;;;;;;;;/h2*2H;10*1H;;;/q;;;;;;;;;;;;;;+4/p-4. The Bertz CT molecular complexity index is 98.3. The van der Waals surface area contributed by atoms with Gasteiger partial charge in [-0.15, -0.1) is 0 Å². The van der Waals surface area contributed by atoms with Crippen LogP contribution in [0.1, 0.15) is 2.85 Å². The Kier molecular flexibility index (Phi) is 51.0. The van der Waals surface area contributed by atoms with E-state index in [-0.39, 0.29) is 21.7 Å². The van der Waals surface area contributed by atoms with E-state index < -0.39 is 17.2 Å². The zero-order chi connectivity index (χ0) is 12.4. The van der Waals surface area contributed by atoms with Crippen molar-refractivity contribution in [3.63, 3.8) is 0 Å². The van der Waals surface area contributed by atoms with Crippen molar-refractivity contribution in [2.45, 2.75) is 0 Å². The SMILES string of the molecule is F.F.F.F.OF.OF.[F][Ti-2]([F])([F])([F])([F])[F].[H+].[H+].[O]=[Ti]. The van der Waals surface area contributed by atoms with Crippen molar-refractivity contribution in [3.05, 3.63) is 0 Å². The summed E-state index contributed by atoms with van der Waals surface area (Å²) in [4.78, 5) is 0. The zero-order valence-electron chi connectivity index (χ0n) is 8.96. The predicted molar refractivity (Wildman–Crippen MR) is 26.2 cm³/mol. The molecule has 0 atom stereocenters. The van der Waals surface area contributed by atoms with E-state index in [1.807, 2.05) is 0 Å². The monoisotopic (exact) mass is 380 g/mol. The maximum absolute atomic E-state index is 11.2. The van der Waals surface area contributed by atoms with Gasteiger partial charge in [-0.25, -0.2) is 10.6 Å². The van der Waals surface area contributed by atoms with Gasteiger partial charge in [0, 0.05) is 0 Å². The Labute approximate surface area is 101 Å². The molecule has 0 rings (SSSR count). The fraction of sp³-hybridized carbons (Fsp3) is 0. The number of halogens is 12. The third kappa shape index (κ3) is 35100. The van der Waals surface area contributed by atoms with Crippen LogP contribution in [0.4, 0.5) is 46.4 Å². The van der Waals surface area contributed by atoms with Gasteiger partial charge in [0.05, 0.1) is 0 Å². The van der Waals surface area contributed by atoms with Crippen LogP contribution in [0.3, 0.4) is 0 Å². The van der Waals surface area contributed by atoms with Crippen LogP contribution in [-0.2, 0) is 41.0 Å². The summed E-state index contributed by atoms with van der Waals surface area (Å²) >= 11 is -10.4. The molecule has 17 heteroatoms. The molecule has 0 radical (unpaired) electrons. The van der Waals surface area contributed by atoms with Crippen molar-refractivity contribution in [2.75, 3.05) is 0 Å². The second-order valence-electron chi connectivity index (χ2n) is 1.07. The fourth-order valence-corrected chi connectivity index (χ4v) is 0. The molecule has 0 saturated carbocycles. The first-order chi connectivity index (χ1) is 5.45. The van der Waals surface area contributed by atoms with Gasteiger partial charge in [0.15, 0.2) is 0 Å². The van der Waals surface area contributed by atoms with Crippen molar-refractivity contribution in [1.82, 2.24) is 0 Å². The van der Waals surface area contributed by atoms with Crippen LogP contribution < -0.4 is 0 Å². The van der Waals surface area contributed by atoms with Gasteiger partial charge in [-0.05, 0) is 0 Å². The molecule has 17 heavy (non-hydrogen) atoms. The third-order valence-electron chi connectivity index (χ3n) is 0. The van der Waals surface area contributed by atoms with Gasteiger partial charge in [-0.2, -0.15) is 0 Å². The summed E-state index contributed by atoms with van der Waals surface area (Å²) in [5, 5.41) is 11.0. The third-order valence-corrected chi connectivity index (χ3v) is 0. The van der Waals surface area contributed by atoms with Crippen LogP contribution in [0.25, 0.3) is 0 Å². The molecule has 2 N–H and O–H groups in total. The normalized spacial score (nSPS) is 10.4. The van der Waals surface area contributed by atoms with Crippen LogP contribution in [-0.4, -0.2) is 10.6 Å². The summed E-state index contributed by atoms with van der Waals surface area (Å²) in [5.41, 5.74) is 0. The summed E-state index contributed by atoms with van der Waals surface area (Å²) in [6, 6.07) is 0. The summed E-state index contributed by atoms with van der Waals surface area (Å²) < 4.78 is 84.8. The van der Waals surface area contributed by atoms with Crippen LogP contribution >= 0.6 is 0 Å². The Morgan fingerprint density at radius 1 is 0.647 bits per heavy atom. The summed E-state index contributed by atoms with van der Waals surface area (Å²) in [6.07, 6.45) is 0. The van der Waals surface area contributed by atoms with E-state index in [1.54, 1.807) is 0 Å². The maximum atomic E-state index is 9.92. The summed E-state index contributed by atoms with van der Waals surface area (Å²) in [6.45, 7) is 0. The molecule has 0 fully saturated rings. The van der Waals surface area contributed by atoms with E-state index >= 15 is 0 Å². The molecule has 118 valence electrons. The van der Waals surface area contributed by atoms with Crippen LogP contribution in [0.2, 0.25) is 0 Å². The minimum absolute atomic E-state index is 0. The molecule has 0 aromatic rings. The second kappa shape index (κ2) is 16.3. The van der Waals surface area contributed by atoms with Crippen molar-refractivity contribution in [1.29, 1.82) is 0 Å². The van der Waals surface area contributed by atoms with E-state index in [2.05, 4.69) is 0 Å². The van der Waals surface area contributed by atoms with E-state index in [0.717, 1.165) is 20.4 Å². The molecule has 0 unspecified atom stereocenters. The first-order valence-electron chi connectivity index (χ1n) is 1.68. The van der Waals surface area contributed by atoms with E-state index in [0.29, 0.717) is 0 Å². The summed E-state index contributed by atoms with van der Waals surface area (Å²) in [5.74, 6) is 0. The Morgan fingerprint density at radius 3 is 0.647 bits per heavy atom. The molecule has 0 heterocycles. The molecule has 0 aliphatic rings. The first kappa shape index (κ1) is 53.1. The van der Waals surface area contributed by atoms with Crippen LogP contribution in [0.15, 0.2) is 0 Å². The van der Waals surface area contributed by atoms with E-state index in [1.165, 1.54) is 0 Å². The van der Waals surface area contributed by atoms with Gasteiger partial charge in [-0.3, -0.25) is 18.8 Å². The van der Waals surface area contributed by atoms with Gasteiger partial charge in [0.25, 0.3) is 0 Å². The van der Waals surface area contributed by atoms with Gasteiger partial charge in [0.1, 0.15) is 0 Å². The van der Waals surface area contributed by atoms with Crippen LogP contribution in [0, 0.1) is 0 Å².